The van der Waals surface area contributed by atoms with Crippen LogP contribution < -0.4 is 15.4 Å². The standard InChI is InChI=1S/C13H21N3O/c1-2-17-13-12(6-4-8-15-13)16-10-11-5-3-7-14-9-11/h4,6,8,11,14,16H,2-3,5,7,9-10H2,1H3. The molecule has 17 heavy (non-hydrogen) atoms. The third kappa shape index (κ3) is 3.60. The number of nitrogens with one attached hydrogen (secondary N) is 2. The lowest BCUT2D eigenvalue weighted by Crippen LogP contribution is -2.33. The largest absolute Gasteiger partial charge is 0.476 e. The Balaban J connectivity index is 1.88. The van der Waals surface area contributed by atoms with Gasteiger partial charge >= 0.3 is 0 Å². The molecule has 4 heteroatoms. The van der Waals surface area contributed by atoms with Gasteiger partial charge in [-0.15, -0.1) is 0 Å². The Bertz CT molecular complexity index is 337. The van der Waals surface area contributed by atoms with Crippen LogP contribution in [0.25, 0.3) is 0 Å². The van der Waals surface area contributed by atoms with Crippen molar-refractivity contribution in [3.05, 3.63) is 18.3 Å². The van der Waals surface area contributed by atoms with E-state index >= 15 is 0 Å². The van der Waals surface area contributed by atoms with Gasteiger partial charge in [-0.3, -0.25) is 0 Å². The van der Waals surface area contributed by atoms with Gasteiger partial charge in [0.25, 0.3) is 0 Å². The van der Waals surface area contributed by atoms with Gasteiger partial charge in [-0.25, -0.2) is 4.98 Å². The second-order valence-corrected chi connectivity index (χ2v) is 4.38. The lowest BCUT2D eigenvalue weighted by Gasteiger charge is -2.23. The van der Waals surface area contributed by atoms with E-state index in [2.05, 4.69) is 15.6 Å². The molecule has 1 aliphatic rings. The fraction of sp³-hybridized carbons (Fsp3) is 0.615. The molecule has 1 atom stereocenters. The molecule has 1 aromatic rings. The summed E-state index contributed by atoms with van der Waals surface area (Å²) < 4.78 is 5.49. The third-order valence-electron chi connectivity index (χ3n) is 3.03. The third-order valence-corrected chi connectivity index (χ3v) is 3.03. The van der Waals surface area contributed by atoms with Crippen LogP contribution in [0, 0.1) is 5.92 Å². The number of hydrogen-bond acceptors (Lipinski definition) is 4. The molecule has 4 nitrogen and oxygen atoms in total. The summed E-state index contributed by atoms with van der Waals surface area (Å²) in [6, 6.07) is 3.96. The van der Waals surface area contributed by atoms with Crippen molar-refractivity contribution in [2.45, 2.75) is 19.8 Å². The molecule has 1 aromatic heterocycles. The van der Waals surface area contributed by atoms with Crippen molar-refractivity contribution in [3.8, 4) is 5.88 Å². The maximum atomic E-state index is 5.49. The van der Waals surface area contributed by atoms with Gasteiger partial charge in [-0.2, -0.15) is 0 Å². The fourth-order valence-electron chi connectivity index (χ4n) is 2.13. The molecule has 2 N–H and O–H groups in total. The van der Waals surface area contributed by atoms with Crippen LogP contribution in [-0.4, -0.2) is 31.2 Å². The SMILES string of the molecule is CCOc1ncccc1NCC1CCCNC1. The minimum atomic E-state index is 0.649. The van der Waals surface area contributed by atoms with Gasteiger partial charge in [-0.1, -0.05) is 0 Å². The summed E-state index contributed by atoms with van der Waals surface area (Å²) in [5.74, 6) is 1.41. The zero-order valence-corrected chi connectivity index (χ0v) is 10.4. The van der Waals surface area contributed by atoms with Crippen LogP contribution in [0.2, 0.25) is 0 Å². The van der Waals surface area contributed by atoms with Gasteiger partial charge in [0.1, 0.15) is 0 Å². The van der Waals surface area contributed by atoms with E-state index in [0.717, 1.165) is 25.3 Å². The Morgan fingerprint density at radius 3 is 3.29 bits per heavy atom. The van der Waals surface area contributed by atoms with Crippen LogP contribution in [0.4, 0.5) is 5.69 Å². The van der Waals surface area contributed by atoms with E-state index in [4.69, 9.17) is 4.74 Å². The second-order valence-electron chi connectivity index (χ2n) is 4.38. The van der Waals surface area contributed by atoms with Gasteiger partial charge in [0.2, 0.25) is 5.88 Å². The highest BCUT2D eigenvalue weighted by molar-refractivity contribution is 5.51. The molecular formula is C13H21N3O. The summed E-state index contributed by atoms with van der Waals surface area (Å²) in [7, 11) is 0. The molecule has 1 fully saturated rings. The molecular weight excluding hydrogens is 214 g/mol. The lowest BCUT2D eigenvalue weighted by atomic mass is 10.00. The summed E-state index contributed by atoms with van der Waals surface area (Å²) in [4.78, 5) is 4.23. The average molecular weight is 235 g/mol. The number of ether oxygens (including phenoxy) is 1. The average Bonchev–Trinajstić information content (AvgIpc) is 2.39. The second kappa shape index (κ2) is 6.45. The first-order valence-corrected chi connectivity index (χ1v) is 6.42. The van der Waals surface area contributed by atoms with E-state index < -0.39 is 0 Å². The van der Waals surface area contributed by atoms with Crippen LogP contribution in [0.3, 0.4) is 0 Å². The van der Waals surface area contributed by atoms with Gasteiger partial charge in [0.05, 0.1) is 12.3 Å². The van der Waals surface area contributed by atoms with E-state index in [9.17, 15) is 0 Å². The highest BCUT2D eigenvalue weighted by Gasteiger charge is 2.13. The summed E-state index contributed by atoms with van der Waals surface area (Å²) in [5.41, 5.74) is 1.000. The Morgan fingerprint density at radius 1 is 1.59 bits per heavy atom. The monoisotopic (exact) mass is 235 g/mol. The van der Waals surface area contributed by atoms with E-state index in [1.165, 1.54) is 12.8 Å². The molecule has 1 aliphatic heterocycles. The zero-order valence-electron chi connectivity index (χ0n) is 10.4. The molecule has 0 amide bonds. The summed E-state index contributed by atoms with van der Waals surface area (Å²) in [6.07, 6.45) is 4.33. The highest BCUT2D eigenvalue weighted by atomic mass is 16.5. The van der Waals surface area contributed by atoms with E-state index in [0.29, 0.717) is 18.4 Å². The number of nitrogens with zero attached hydrogens (tertiary/aromatic N) is 1. The molecule has 0 radical (unpaired) electrons. The Hall–Kier alpha value is -1.29. The maximum Gasteiger partial charge on any atom is 0.237 e. The first-order valence-electron chi connectivity index (χ1n) is 6.42. The molecule has 0 aliphatic carbocycles. The van der Waals surface area contributed by atoms with E-state index in [1.54, 1.807) is 6.20 Å². The van der Waals surface area contributed by atoms with Crippen LogP contribution in [0.1, 0.15) is 19.8 Å². The van der Waals surface area contributed by atoms with Gasteiger partial charge in [0, 0.05) is 12.7 Å². The van der Waals surface area contributed by atoms with Gasteiger partial charge in [-0.05, 0) is 50.9 Å². The highest BCUT2D eigenvalue weighted by Crippen LogP contribution is 2.21. The summed E-state index contributed by atoms with van der Waals surface area (Å²) in [5, 5.41) is 6.86. The molecule has 0 aromatic carbocycles. The summed E-state index contributed by atoms with van der Waals surface area (Å²) in [6.45, 7) is 5.88. The van der Waals surface area contributed by atoms with Crippen molar-refractivity contribution in [1.29, 1.82) is 0 Å². The molecule has 0 saturated carbocycles. The van der Waals surface area contributed by atoms with Gasteiger partial charge in [0.15, 0.2) is 0 Å². The van der Waals surface area contributed by atoms with Crippen LogP contribution in [-0.2, 0) is 0 Å². The van der Waals surface area contributed by atoms with Crippen molar-refractivity contribution in [2.75, 3.05) is 31.6 Å². The Morgan fingerprint density at radius 2 is 2.53 bits per heavy atom. The van der Waals surface area contributed by atoms with Crippen molar-refractivity contribution in [3.63, 3.8) is 0 Å². The van der Waals surface area contributed by atoms with Gasteiger partial charge < -0.3 is 15.4 Å². The first-order chi connectivity index (χ1) is 8.40. The molecule has 2 rings (SSSR count). The minimum Gasteiger partial charge on any atom is -0.476 e. The van der Waals surface area contributed by atoms with Crippen LogP contribution in [0.5, 0.6) is 5.88 Å². The quantitative estimate of drug-likeness (QED) is 0.818. The predicted molar refractivity (Wildman–Crippen MR) is 69.5 cm³/mol. The smallest absolute Gasteiger partial charge is 0.237 e. The molecule has 0 spiro atoms. The maximum absolute atomic E-state index is 5.49. The number of rotatable bonds is 5. The van der Waals surface area contributed by atoms with Crippen molar-refractivity contribution < 1.29 is 4.74 Å². The fourth-order valence-corrected chi connectivity index (χ4v) is 2.13. The zero-order chi connectivity index (χ0) is 11.9. The van der Waals surface area contributed by atoms with Crippen LogP contribution in [0.15, 0.2) is 18.3 Å². The van der Waals surface area contributed by atoms with E-state index in [1.807, 2.05) is 19.1 Å². The molecule has 1 unspecified atom stereocenters. The Labute approximate surface area is 103 Å². The van der Waals surface area contributed by atoms with Crippen molar-refractivity contribution in [2.24, 2.45) is 5.92 Å². The first kappa shape index (κ1) is 12.2. The topological polar surface area (TPSA) is 46.2 Å². The van der Waals surface area contributed by atoms with Crippen LogP contribution >= 0.6 is 0 Å². The molecule has 0 bridgehead atoms. The number of aromatic nitrogens is 1. The van der Waals surface area contributed by atoms with Crippen molar-refractivity contribution >= 4 is 5.69 Å². The molecule has 2 heterocycles. The molecule has 1 saturated heterocycles. The lowest BCUT2D eigenvalue weighted by molar-refractivity contribution is 0.328. The predicted octanol–water partition coefficient (Wildman–Crippen LogP) is 1.89. The van der Waals surface area contributed by atoms with E-state index in [-0.39, 0.29) is 0 Å². The van der Waals surface area contributed by atoms with Crippen molar-refractivity contribution in [1.82, 2.24) is 10.3 Å². The molecule has 94 valence electrons. The normalized spacial score (nSPS) is 19.9. The number of piperidine rings is 1. The number of hydrogen-bond donors (Lipinski definition) is 2. The Kier molecular flexibility index (Phi) is 4.62. The number of pyridine rings is 1. The summed E-state index contributed by atoms with van der Waals surface area (Å²) >= 11 is 0. The minimum absolute atomic E-state index is 0.649. The number of anilines is 1.